The first kappa shape index (κ1) is 15.2. The molecule has 0 aliphatic carbocycles. The standard InChI is InChI=1S/C15H27N3O3/c16-10-12-3-4-14(21-12)15(19)18-7-5-17(6-8-18)11-13-2-1-9-20-13/h12-14H,1-11,16H2. The molecule has 0 aromatic carbocycles. The third kappa shape index (κ3) is 3.74. The number of nitrogens with two attached hydrogens (primary N) is 1. The van der Waals surface area contributed by atoms with Crippen molar-refractivity contribution in [2.45, 2.75) is 44.0 Å². The zero-order valence-electron chi connectivity index (χ0n) is 12.7. The molecule has 3 rings (SSSR count). The van der Waals surface area contributed by atoms with Gasteiger partial charge in [0.05, 0.1) is 12.2 Å². The van der Waals surface area contributed by atoms with Gasteiger partial charge >= 0.3 is 0 Å². The van der Waals surface area contributed by atoms with Gasteiger partial charge in [-0.05, 0) is 25.7 Å². The smallest absolute Gasteiger partial charge is 0.251 e. The summed E-state index contributed by atoms with van der Waals surface area (Å²) in [5.74, 6) is 0.155. The third-order valence-electron chi connectivity index (χ3n) is 4.82. The van der Waals surface area contributed by atoms with Gasteiger partial charge in [0.1, 0.15) is 6.10 Å². The molecule has 3 aliphatic rings. The van der Waals surface area contributed by atoms with Crippen molar-refractivity contribution < 1.29 is 14.3 Å². The predicted molar refractivity (Wildman–Crippen MR) is 78.9 cm³/mol. The Morgan fingerprint density at radius 2 is 1.90 bits per heavy atom. The average molecular weight is 297 g/mol. The first-order valence-electron chi connectivity index (χ1n) is 8.24. The van der Waals surface area contributed by atoms with Crippen LogP contribution in [0.3, 0.4) is 0 Å². The van der Waals surface area contributed by atoms with Crippen LogP contribution in [0.4, 0.5) is 0 Å². The number of hydrogen-bond donors (Lipinski definition) is 1. The maximum Gasteiger partial charge on any atom is 0.251 e. The van der Waals surface area contributed by atoms with Crippen LogP contribution in [0.5, 0.6) is 0 Å². The summed E-state index contributed by atoms with van der Waals surface area (Å²) in [6.07, 6.45) is 4.29. The van der Waals surface area contributed by atoms with E-state index in [1.807, 2.05) is 4.90 Å². The van der Waals surface area contributed by atoms with Gasteiger partial charge in [-0.25, -0.2) is 0 Å². The van der Waals surface area contributed by atoms with Crippen LogP contribution >= 0.6 is 0 Å². The maximum atomic E-state index is 12.4. The lowest BCUT2D eigenvalue weighted by Gasteiger charge is -2.36. The highest BCUT2D eigenvalue weighted by atomic mass is 16.5. The Morgan fingerprint density at radius 3 is 2.52 bits per heavy atom. The zero-order valence-corrected chi connectivity index (χ0v) is 12.7. The molecule has 0 aromatic heterocycles. The second-order valence-electron chi connectivity index (χ2n) is 6.32. The summed E-state index contributed by atoms with van der Waals surface area (Å²) in [6, 6.07) is 0. The summed E-state index contributed by atoms with van der Waals surface area (Å²) in [6.45, 7) is 5.93. The number of amides is 1. The highest BCUT2D eigenvalue weighted by molar-refractivity contribution is 5.81. The molecule has 3 saturated heterocycles. The molecule has 3 heterocycles. The van der Waals surface area contributed by atoms with Crippen LogP contribution in [0.1, 0.15) is 25.7 Å². The predicted octanol–water partition coefficient (Wildman–Crippen LogP) is -0.184. The third-order valence-corrected chi connectivity index (χ3v) is 4.82. The summed E-state index contributed by atoms with van der Waals surface area (Å²) < 4.78 is 11.4. The molecule has 0 aromatic rings. The van der Waals surface area contributed by atoms with Crippen LogP contribution in [0.2, 0.25) is 0 Å². The average Bonchev–Trinajstić information content (AvgIpc) is 3.18. The number of nitrogens with zero attached hydrogens (tertiary/aromatic N) is 2. The summed E-state index contributed by atoms with van der Waals surface area (Å²) in [5, 5.41) is 0. The Morgan fingerprint density at radius 1 is 1.10 bits per heavy atom. The van der Waals surface area contributed by atoms with E-state index in [2.05, 4.69) is 4.90 Å². The van der Waals surface area contributed by atoms with Gasteiger partial charge in [-0.3, -0.25) is 9.69 Å². The zero-order chi connectivity index (χ0) is 14.7. The summed E-state index contributed by atoms with van der Waals surface area (Å²) >= 11 is 0. The van der Waals surface area contributed by atoms with Crippen LogP contribution in [0.25, 0.3) is 0 Å². The van der Waals surface area contributed by atoms with Crippen molar-refractivity contribution in [3.8, 4) is 0 Å². The minimum atomic E-state index is -0.261. The lowest BCUT2D eigenvalue weighted by atomic mass is 10.1. The molecule has 6 heteroatoms. The van der Waals surface area contributed by atoms with Gasteiger partial charge in [0.15, 0.2) is 0 Å². The van der Waals surface area contributed by atoms with Gasteiger partial charge in [0, 0.05) is 45.9 Å². The van der Waals surface area contributed by atoms with E-state index >= 15 is 0 Å². The van der Waals surface area contributed by atoms with Crippen molar-refractivity contribution in [3.05, 3.63) is 0 Å². The molecule has 0 spiro atoms. The summed E-state index contributed by atoms with van der Waals surface area (Å²) in [5.41, 5.74) is 5.60. The summed E-state index contributed by atoms with van der Waals surface area (Å²) in [7, 11) is 0. The van der Waals surface area contributed by atoms with E-state index in [1.165, 1.54) is 12.8 Å². The molecule has 3 atom stereocenters. The van der Waals surface area contributed by atoms with Crippen molar-refractivity contribution in [1.29, 1.82) is 0 Å². The molecule has 0 bridgehead atoms. The van der Waals surface area contributed by atoms with E-state index in [0.717, 1.165) is 52.2 Å². The molecule has 21 heavy (non-hydrogen) atoms. The molecule has 0 radical (unpaired) electrons. The Bertz CT molecular complexity index is 352. The molecule has 120 valence electrons. The highest BCUT2D eigenvalue weighted by Gasteiger charge is 2.34. The van der Waals surface area contributed by atoms with Crippen LogP contribution in [0, 0.1) is 0 Å². The van der Waals surface area contributed by atoms with E-state index in [9.17, 15) is 4.79 Å². The summed E-state index contributed by atoms with van der Waals surface area (Å²) in [4.78, 5) is 16.8. The minimum absolute atomic E-state index is 0.0692. The van der Waals surface area contributed by atoms with E-state index < -0.39 is 0 Å². The second kappa shape index (κ2) is 7.05. The molecule has 3 unspecified atom stereocenters. The number of carbonyl (C=O) groups excluding carboxylic acids is 1. The fraction of sp³-hybridized carbons (Fsp3) is 0.933. The monoisotopic (exact) mass is 297 g/mol. The molecule has 0 saturated carbocycles. The topological polar surface area (TPSA) is 68.0 Å². The largest absolute Gasteiger partial charge is 0.377 e. The van der Waals surface area contributed by atoms with Crippen LogP contribution in [0.15, 0.2) is 0 Å². The van der Waals surface area contributed by atoms with E-state index in [1.54, 1.807) is 0 Å². The number of rotatable bonds is 4. The molecule has 6 nitrogen and oxygen atoms in total. The van der Waals surface area contributed by atoms with E-state index in [-0.39, 0.29) is 18.1 Å². The molecule has 1 amide bonds. The number of piperazine rings is 1. The van der Waals surface area contributed by atoms with Crippen LogP contribution in [-0.2, 0) is 14.3 Å². The van der Waals surface area contributed by atoms with Crippen molar-refractivity contribution in [1.82, 2.24) is 9.80 Å². The van der Waals surface area contributed by atoms with E-state index in [0.29, 0.717) is 12.6 Å². The van der Waals surface area contributed by atoms with Gasteiger partial charge < -0.3 is 20.1 Å². The van der Waals surface area contributed by atoms with E-state index in [4.69, 9.17) is 15.2 Å². The first-order chi connectivity index (χ1) is 10.3. The second-order valence-corrected chi connectivity index (χ2v) is 6.32. The molecule has 2 N–H and O–H groups in total. The number of hydrogen-bond acceptors (Lipinski definition) is 5. The molecular formula is C15H27N3O3. The van der Waals surface area contributed by atoms with Crippen LogP contribution < -0.4 is 5.73 Å². The fourth-order valence-electron chi connectivity index (χ4n) is 3.49. The highest BCUT2D eigenvalue weighted by Crippen LogP contribution is 2.21. The molecule has 3 aliphatic heterocycles. The van der Waals surface area contributed by atoms with Gasteiger partial charge in [0.2, 0.25) is 0 Å². The van der Waals surface area contributed by atoms with Crippen molar-refractivity contribution in [2.75, 3.05) is 45.9 Å². The van der Waals surface area contributed by atoms with Gasteiger partial charge in [-0.2, -0.15) is 0 Å². The first-order valence-corrected chi connectivity index (χ1v) is 8.24. The number of ether oxygens (including phenoxy) is 2. The quantitative estimate of drug-likeness (QED) is 0.779. The Kier molecular flexibility index (Phi) is 5.11. The van der Waals surface area contributed by atoms with Gasteiger partial charge in [0.25, 0.3) is 5.91 Å². The van der Waals surface area contributed by atoms with Crippen molar-refractivity contribution in [2.24, 2.45) is 5.73 Å². The lowest BCUT2D eigenvalue weighted by Crippen LogP contribution is -2.52. The minimum Gasteiger partial charge on any atom is -0.377 e. The Balaban J connectivity index is 1.41. The number of carbonyl (C=O) groups is 1. The normalized spacial score (nSPS) is 34.5. The lowest BCUT2D eigenvalue weighted by molar-refractivity contribution is -0.144. The SMILES string of the molecule is NCC1CCC(C(=O)N2CCN(CC3CCCO3)CC2)O1. The fourth-order valence-corrected chi connectivity index (χ4v) is 3.49. The molecule has 3 fully saturated rings. The Labute approximate surface area is 126 Å². The van der Waals surface area contributed by atoms with Crippen molar-refractivity contribution >= 4 is 5.91 Å². The Hall–Kier alpha value is -0.690. The van der Waals surface area contributed by atoms with Crippen molar-refractivity contribution in [3.63, 3.8) is 0 Å². The van der Waals surface area contributed by atoms with Gasteiger partial charge in [-0.1, -0.05) is 0 Å². The maximum absolute atomic E-state index is 12.4. The van der Waals surface area contributed by atoms with Gasteiger partial charge in [-0.15, -0.1) is 0 Å². The molecular weight excluding hydrogens is 270 g/mol. The van der Waals surface area contributed by atoms with Crippen LogP contribution in [-0.4, -0.2) is 79.9 Å².